The Kier molecular flexibility index (Phi) is 7.82. The van der Waals surface area contributed by atoms with Gasteiger partial charge in [-0.2, -0.15) is 0 Å². The van der Waals surface area contributed by atoms with Crippen molar-refractivity contribution < 1.29 is 0 Å². The molecule has 1 N–H and O–H groups in total. The third kappa shape index (κ3) is 6.28. The molecule has 0 aromatic heterocycles. The summed E-state index contributed by atoms with van der Waals surface area (Å²) in [5.41, 5.74) is 2.56. The Hall–Kier alpha value is -1.06. The van der Waals surface area contributed by atoms with Crippen LogP contribution in [-0.2, 0) is 13.0 Å². The Bertz CT molecular complexity index is 667. The van der Waals surface area contributed by atoms with Crippen LogP contribution in [0.2, 0.25) is 10.0 Å². The van der Waals surface area contributed by atoms with Gasteiger partial charge in [-0.3, -0.25) is 0 Å². The van der Waals surface area contributed by atoms with E-state index in [9.17, 15) is 0 Å². The number of rotatable bonds is 7. The van der Waals surface area contributed by atoms with Crippen LogP contribution >= 0.6 is 23.2 Å². The lowest BCUT2D eigenvalue weighted by Gasteiger charge is -2.27. The third-order valence-corrected chi connectivity index (χ3v) is 5.82. The van der Waals surface area contributed by atoms with Gasteiger partial charge in [0.2, 0.25) is 0 Å². The van der Waals surface area contributed by atoms with Crippen LogP contribution in [0.25, 0.3) is 0 Å². The van der Waals surface area contributed by atoms with E-state index in [1.807, 2.05) is 12.1 Å². The number of hydrogen-bond donors (Lipinski definition) is 1. The van der Waals surface area contributed by atoms with Gasteiger partial charge < -0.3 is 10.2 Å². The molecule has 0 aliphatic carbocycles. The first kappa shape index (κ1) is 19.7. The highest BCUT2D eigenvalue weighted by Gasteiger charge is 2.16. The summed E-state index contributed by atoms with van der Waals surface area (Å²) in [6.45, 7) is 4.39. The van der Waals surface area contributed by atoms with Gasteiger partial charge in [0.1, 0.15) is 0 Å². The first-order valence-electron chi connectivity index (χ1n) is 9.64. The summed E-state index contributed by atoms with van der Waals surface area (Å²) < 4.78 is 0. The first-order valence-corrected chi connectivity index (χ1v) is 10.4. The van der Waals surface area contributed by atoms with Gasteiger partial charge in [-0.15, -0.1) is 0 Å². The fourth-order valence-electron chi connectivity index (χ4n) is 3.64. The minimum atomic E-state index is 0.394. The summed E-state index contributed by atoms with van der Waals surface area (Å²) in [6, 6.07) is 17.0. The number of halogens is 2. The number of hydrogen-bond acceptors (Lipinski definition) is 2. The second-order valence-corrected chi connectivity index (χ2v) is 8.05. The van der Waals surface area contributed by atoms with Gasteiger partial charge in [0.15, 0.2) is 0 Å². The molecule has 0 spiro atoms. The Balaban J connectivity index is 1.65. The minimum absolute atomic E-state index is 0.394. The number of benzene rings is 2. The van der Waals surface area contributed by atoms with Crippen LogP contribution in [0.1, 0.15) is 36.8 Å². The fourth-order valence-corrected chi connectivity index (χ4v) is 3.96. The normalized spacial score (nSPS) is 17.0. The highest BCUT2D eigenvalue weighted by molar-refractivity contribution is 6.42. The van der Waals surface area contributed by atoms with Crippen LogP contribution in [0.4, 0.5) is 0 Å². The standard InChI is InChI=1S/C22H28Cl2N2/c23-21-11-10-19(15-22(21)24)14-20(17-26-12-6-1-2-7-13-26)25-16-18-8-4-3-5-9-18/h3-5,8-11,15,20,25H,1-2,6-7,12-14,16-17H2. The predicted octanol–water partition coefficient (Wildman–Crippen LogP) is 5.57. The zero-order valence-corrected chi connectivity index (χ0v) is 16.8. The zero-order chi connectivity index (χ0) is 18.2. The van der Waals surface area contributed by atoms with E-state index in [4.69, 9.17) is 23.2 Å². The SMILES string of the molecule is Clc1ccc(CC(CN2CCCCCC2)NCc2ccccc2)cc1Cl. The number of nitrogens with one attached hydrogen (secondary N) is 1. The Morgan fingerprint density at radius 2 is 1.58 bits per heavy atom. The predicted molar refractivity (Wildman–Crippen MR) is 112 cm³/mol. The molecule has 1 aliphatic heterocycles. The van der Waals surface area contributed by atoms with E-state index >= 15 is 0 Å². The molecule has 140 valence electrons. The van der Waals surface area contributed by atoms with Gasteiger partial charge in [-0.05, 0) is 55.6 Å². The lowest BCUT2D eigenvalue weighted by atomic mass is 10.0. The maximum Gasteiger partial charge on any atom is 0.0595 e. The highest BCUT2D eigenvalue weighted by atomic mass is 35.5. The highest BCUT2D eigenvalue weighted by Crippen LogP contribution is 2.23. The molecule has 1 atom stereocenters. The maximum atomic E-state index is 6.22. The quantitative estimate of drug-likeness (QED) is 0.664. The van der Waals surface area contributed by atoms with E-state index in [1.165, 1.54) is 49.9 Å². The van der Waals surface area contributed by atoms with E-state index in [0.717, 1.165) is 19.5 Å². The Morgan fingerprint density at radius 1 is 0.846 bits per heavy atom. The summed E-state index contributed by atoms with van der Waals surface area (Å²) >= 11 is 12.3. The van der Waals surface area contributed by atoms with E-state index in [2.05, 4.69) is 46.6 Å². The summed E-state index contributed by atoms with van der Waals surface area (Å²) in [5.74, 6) is 0. The van der Waals surface area contributed by atoms with Crippen LogP contribution in [0.15, 0.2) is 48.5 Å². The molecule has 2 aromatic carbocycles. The summed E-state index contributed by atoms with van der Waals surface area (Å²) in [4.78, 5) is 2.62. The van der Waals surface area contributed by atoms with Gasteiger partial charge in [-0.25, -0.2) is 0 Å². The summed E-state index contributed by atoms with van der Waals surface area (Å²) in [7, 11) is 0. The van der Waals surface area contributed by atoms with Crippen LogP contribution in [0.5, 0.6) is 0 Å². The molecule has 0 bridgehead atoms. The average molecular weight is 391 g/mol. The summed E-state index contributed by atoms with van der Waals surface area (Å²) in [6.07, 6.45) is 6.33. The van der Waals surface area contributed by atoms with Gasteiger partial charge in [0, 0.05) is 19.1 Å². The second-order valence-electron chi connectivity index (χ2n) is 7.23. The van der Waals surface area contributed by atoms with Gasteiger partial charge >= 0.3 is 0 Å². The lowest BCUT2D eigenvalue weighted by Crippen LogP contribution is -2.42. The topological polar surface area (TPSA) is 15.3 Å². The molecule has 3 rings (SSSR count). The monoisotopic (exact) mass is 390 g/mol. The molecule has 0 radical (unpaired) electrons. The molecule has 2 aromatic rings. The summed E-state index contributed by atoms with van der Waals surface area (Å²) in [5, 5.41) is 5.03. The van der Waals surface area contributed by atoms with E-state index in [1.54, 1.807) is 0 Å². The molecule has 1 unspecified atom stereocenters. The van der Waals surface area contributed by atoms with Crippen LogP contribution in [0, 0.1) is 0 Å². The average Bonchev–Trinajstić information content (AvgIpc) is 2.92. The molecule has 2 nitrogen and oxygen atoms in total. The molecule has 4 heteroatoms. The lowest BCUT2D eigenvalue weighted by molar-refractivity contribution is 0.248. The molecular formula is C22H28Cl2N2. The number of likely N-dealkylation sites (tertiary alicyclic amines) is 1. The van der Waals surface area contributed by atoms with Crippen molar-refractivity contribution in [3.05, 3.63) is 69.7 Å². The molecule has 0 amide bonds. The van der Waals surface area contributed by atoms with Crippen molar-refractivity contribution in [1.82, 2.24) is 10.2 Å². The molecule has 0 saturated carbocycles. The van der Waals surface area contributed by atoms with E-state index in [0.29, 0.717) is 16.1 Å². The molecule has 1 fully saturated rings. The van der Waals surface area contributed by atoms with Gasteiger partial charge in [-0.1, -0.05) is 72.4 Å². The van der Waals surface area contributed by atoms with Gasteiger partial charge in [0.05, 0.1) is 10.0 Å². The smallest absolute Gasteiger partial charge is 0.0595 e. The molecule has 1 saturated heterocycles. The van der Waals surface area contributed by atoms with Crippen molar-refractivity contribution in [2.24, 2.45) is 0 Å². The van der Waals surface area contributed by atoms with Crippen LogP contribution < -0.4 is 5.32 Å². The van der Waals surface area contributed by atoms with E-state index < -0.39 is 0 Å². The molecule has 1 heterocycles. The van der Waals surface area contributed by atoms with Crippen molar-refractivity contribution >= 4 is 23.2 Å². The Morgan fingerprint density at radius 3 is 2.27 bits per heavy atom. The van der Waals surface area contributed by atoms with Crippen molar-refractivity contribution in [2.45, 2.75) is 44.7 Å². The maximum absolute atomic E-state index is 6.22. The number of nitrogens with zero attached hydrogens (tertiary/aromatic N) is 1. The van der Waals surface area contributed by atoms with Crippen molar-refractivity contribution in [3.63, 3.8) is 0 Å². The van der Waals surface area contributed by atoms with Crippen LogP contribution in [0.3, 0.4) is 0 Å². The zero-order valence-electron chi connectivity index (χ0n) is 15.3. The molecular weight excluding hydrogens is 363 g/mol. The Labute approximate surface area is 167 Å². The molecule has 26 heavy (non-hydrogen) atoms. The third-order valence-electron chi connectivity index (χ3n) is 5.08. The van der Waals surface area contributed by atoms with Crippen molar-refractivity contribution in [2.75, 3.05) is 19.6 Å². The second kappa shape index (κ2) is 10.3. The van der Waals surface area contributed by atoms with Crippen LogP contribution in [-0.4, -0.2) is 30.6 Å². The van der Waals surface area contributed by atoms with E-state index in [-0.39, 0.29) is 0 Å². The first-order chi connectivity index (χ1) is 12.7. The van der Waals surface area contributed by atoms with Crippen molar-refractivity contribution in [1.29, 1.82) is 0 Å². The van der Waals surface area contributed by atoms with Crippen molar-refractivity contribution in [3.8, 4) is 0 Å². The fraction of sp³-hybridized carbons (Fsp3) is 0.455. The molecule has 1 aliphatic rings. The minimum Gasteiger partial charge on any atom is -0.308 e. The largest absolute Gasteiger partial charge is 0.308 e. The van der Waals surface area contributed by atoms with Gasteiger partial charge in [0.25, 0.3) is 0 Å².